The first-order valence-electron chi connectivity index (χ1n) is 13.3. The van der Waals surface area contributed by atoms with E-state index in [9.17, 15) is 9.59 Å². The van der Waals surface area contributed by atoms with Crippen molar-refractivity contribution in [3.05, 3.63) is 114 Å². The number of amides is 2. The van der Waals surface area contributed by atoms with Crippen molar-refractivity contribution in [3.8, 4) is 11.3 Å². The van der Waals surface area contributed by atoms with Crippen molar-refractivity contribution < 1.29 is 9.59 Å². The fourth-order valence-corrected chi connectivity index (χ4v) is 4.85. The van der Waals surface area contributed by atoms with Gasteiger partial charge >= 0.3 is 0 Å². The molecule has 2 heterocycles. The molecule has 1 aliphatic rings. The van der Waals surface area contributed by atoms with E-state index in [4.69, 9.17) is 0 Å². The first kappa shape index (κ1) is 26.1. The predicted octanol–water partition coefficient (Wildman–Crippen LogP) is 5.00. The highest BCUT2D eigenvalue weighted by Gasteiger charge is 2.29. The van der Waals surface area contributed by atoms with Gasteiger partial charge in [0.05, 0.1) is 11.7 Å². The number of benzene rings is 3. The Bertz CT molecular complexity index is 1380. The molecule has 5 rings (SSSR count). The fraction of sp³-hybridized carbons (Fsp3) is 0.250. The number of nitrogens with zero attached hydrogens (tertiary/aromatic N) is 5. The van der Waals surface area contributed by atoms with Crippen LogP contribution in [0.2, 0.25) is 0 Å². The van der Waals surface area contributed by atoms with Crippen LogP contribution < -0.4 is 4.90 Å². The number of anilines is 1. The van der Waals surface area contributed by atoms with E-state index in [1.807, 2.05) is 84.6 Å². The Kier molecular flexibility index (Phi) is 7.96. The smallest absolute Gasteiger partial charge is 0.254 e. The summed E-state index contributed by atoms with van der Waals surface area (Å²) in [4.78, 5) is 32.6. The Hall–Kier alpha value is -4.52. The maximum absolute atomic E-state index is 13.5. The zero-order valence-corrected chi connectivity index (χ0v) is 22.4. The number of carbonyl (C=O) groups excluding carboxylic acids is 2. The summed E-state index contributed by atoms with van der Waals surface area (Å²) in [6.45, 7) is 6.50. The minimum atomic E-state index is -0.244. The van der Waals surface area contributed by atoms with Crippen LogP contribution in [0, 0.1) is 6.92 Å². The van der Waals surface area contributed by atoms with Gasteiger partial charge in [-0.3, -0.25) is 9.59 Å². The summed E-state index contributed by atoms with van der Waals surface area (Å²) in [5.41, 5.74) is 4.65. The Morgan fingerprint density at radius 1 is 0.795 bits per heavy atom. The predicted molar refractivity (Wildman–Crippen MR) is 153 cm³/mol. The molecule has 0 bridgehead atoms. The average molecular weight is 520 g/mol. The van der Waals surface area contributed by atoms with Crippen LogP contribution in [0.3, 0.4) is 0 Å². The molecule has 0 radical (unpaired) electrons. The Morgan fingerprint density at radius 2 is 1.44 bits per heavy atom. The van der Waals surface area contributed by atoms with Crippen LogP contribution in [-0.4, -0.2) is 64.5 Å². The highest BCUT2D eigenvalue weighted by Crippen LogP contribution is 2.24. The van der Waals surface area contributed by atoms with Crippen LogP contribution in [0.15, 0.2) is 97.1 Å². The molecular formula is C32H33N5O2. The third kappa shape index (κ3) is 6.14. The summed E-state index contributed by atoms with van der Waals surface area (Å²) in [6.07, 6.45) is 0. The summed E-state index contributed by atoms with van der Waals surface area (Å²) in [6, 6.07) is 31.0. The molecular weight excluding hydrogens is 486 g/mol. The van der Waals surface area contributed by atoms with Crippen LogP contribution in [0.25, 0.3) is 11.3 Å². The number of rotatable bonds is 7. The van der Waals surface area contributed by atoms with E-state index in [-0.39, 0.29) is 24.4 Å². The molecule has 198 valence electrons. The normalized spacial score (nSPS) is 14.1. The second-order valence-electron chi connectivity index (χ2n) is 9.90. The van der Waals surface area contributed by atoms with Crippen LogP contribution in [0.4, 0.5) is 5.82 Å². The summed E-state index contributed by atoms with van der Waals surface area (Å²) in [7, 11) is 0. The lowest BCUT2D eigenvalue weighted by Crippen LogP contribution is -2.52. The first-order chi connectivity index (χ1) is 19.0. The van der Waals surface area contributed by atoms with Crippen molar-refractivity contribution in [2.45, 2.75) is 19.9 Å². The molecule has 1 atom stereocenters. The van der Waals surface area contributed by atoms with Gasteiger partial charge in [-0.15, -0.1) is 10.2 Å². The van der Waals surface area contributed by atoms with Crippen LogP contribution in [-0.2, 0) is 4.79 Å². The van der Waals surface area contributed by atoms with Gasteiger partial charge < -0.3 is 14.7 Å². The van der Waals surface area contributed by atoms with Crippen LogP contribution in [0.5, 0.6) is 0 Å². The van der Waals surface area contributed by atoms with Gasteiger partial charge in [0.2, 0.25) is 5.91 Å². The number of hydrogen-bond donors (Lipinski definition) is 0. The van der Waals surface area contributed by atoms with Gasteiger partial charge in [0.1, 0.15) is 6.54 Å². The van der Waals surface area contributed by atoms with Gasteiger partial charge in [0.25, 0.3) is 5.91 Å². The SMILES string of the molecule is Cc1ccc(-c2ccc(N3CCN(C(=O)CN(C(=O)c4ccccc4)[C@H](C)c4ccccc4)CC3)nn2)cc1. The summed E-state index contributed by atoms with van der Waals surface area (Å²) < 4.78 is 0. The molecule has 0 unspecified atom stereocenters. The van der Waals surface area contributed by atoms with Crippen molar-refractivity contribution in [1.82, 2.24) is 20.0 Å². The van der Waals surface area contributed by atoms with Crippen molar-refractivity contribution in [2.75, 3.05) is 37.6 Å². The maximum atomic E-state index is 13.5. The molecule has 3 aromatic carbocycles. The summed E-state index contributed by atoms with van der Waals surface area (Å²) in [5, 5.41) is 8.88. The Morgan fingerprint density at radius 3 is 2.05 bits per heavy atom. The first-order valence-corrected chi connectivity index (χ1v) is 13.3. The van der Waals surface area contributed by atoms with Crippen molar-refractivity contribution >= 4 is 17.6 Å². The van der Waals surface area contributed by atoms with Gasteiger partial charge in [-0.1, -0.05) is 78.4 Å². The average Bonchev–Trinajstić information content (AvgIpc) is 3.00. The maximum Gasteiger partial charge on any atom is 0.254 e. The van der Waals surface area contributed by atoms with Crippen LogP contribution in [0.1, 0.15) is 34.5 Å². The minimum Gasteiger partial charge on any atom is -0.352 e. The van der Waals surface area contributed by atoms with Gasteiger partial charge in [-0.25, -0.2) is 0 Å². The molecule has 1 aliphatic heterocycles. The van der Waals surface area contributed by atoms with E-state index in [1.54, 1.807) is 17.0 Å². The minimum absolute atomic E-state index is 0.0227. The van der Waals surface area contributed by atoms with Crippen LogP contribution >= 0.6 is 0 Å². The van der Waals surface area contributed by atoms with Crippen molar-refractivity contribution in [1.29, 1.82) is 0 Å². The van der Waals surface area contributed by atoms with E-state index in [1.165, 1.54) is 5.56 Å². The molecule has 0 spiro atoms. The highest BCUT2D eigenvalue weighted by atomic mass is 16.2. The third-order valence-corrected chi connectivity index (χ3v) is 7.29. The lowest BCUT2D eigenvalue weighted by atomic mass is 10.1. The number of aryl methyl sites for hydroxylation is 1. The second-order valence-corrected chi connectivity index (χ2v) is 9.90. The molecule has 0 N–H and O–H groups in total. The largest absolute Gasteiger partial charge is 0.352 e. The highest BCUT2D eigenvalue weighted by molar-refractivity contribution is 5.96. The Balaban J connectivity index is 1.23. The van der Waals surface area contributed by atoms with Gasteiger partial charge in [-0.05, 0) is 43.7 Å². The number of hydrogen-bond acceptors (Lipinski definition) is 5. The molecule has 1 saturated heterocycles. The molecule has 2 amide bonds. The molecule has 4 aromatic rings. The number of carbonyl (C=O) groups is 2. The zero-order chi connectivity index (χ0) is 27.2. The van der Waals surface area contributed by atoms with Gasteiger partial charge in [-0.2, -0.15) is 0 Å². The van der Waals surface area contributed by atoms with E-state index in [0.717, 1.165) is 22.6 Å². The van der Waals surface area contributed by atoms with E-state index < -0.39 is 0 Å². The molecule has 7 heteroatoms. The summed E-state index contributed by atoms with van der Waals surface area (Å²) >= 11 is 0. The molecule has 0 aliphatic carbocycles. The fourth-order valence-electron chi connectivity index (χ4n) is 4.85. The zero-order valence-electron chi connectivity index (χ0n) is 22.4. The molecule has 7 nitrogen and oxygen atoms in total. The quantitative estimate of drug-likeness (QED) is 0.344. The number of aromatic nitrogens is 2. The standard InChI is InChI=1S/C32H33N5O2/c1-24-13-15-27(16-14-24)29-17-18-30(34-33-29)35-19-21-36(22-20-35)31(38)23-37(25(2)26-9-5-3-6-10-26)32(39)28-11-7-4-8-12-28/h3-18,25H,19-23H2,1-2H3/t25-/m1/s1. The van der Waals surface area contributed by atoms with E-state index >= 15 is 0 Å². The Labute approximate surface area is 229 Å². The molecule has 1 aromatic heterocycles. The van der Waals surface area contributed by atoms with Crippen molar-refractivity contribution in [3.63, 3.8) is 0 Å². The van der Waals surface area contributed by atoms with Crippen molar-refractivity contribution in [2.24, 2.45) is 0 Å². The summed E-state index contributed by atoms with van der Waals surface area (Å²) in [5.74, 6) is 0.599. The van der Waals surface area contributed by atoms with Gasteiger partial charge in [0, 0.05) is 37.3 Å². The van der Waals surface area contributed by atoms with Gasteiger partial charge in [0.15, 0.2) is 5.82 Å². The van der Waals surface area contributed by atoms with E-state index in [2.05, 4.69) is 34.2 Å². The molecule has 1 fully saturated rings. The lowest BCUT2D eigenvalue weighted by molar-refractivity contribution is -0.132. The van der Waals surface area contributed by atoms with E-state index in [0.29, 0.717) is 31.7 Å². The second kappa shape index (κ2) is 11.9. The monoisotopic (exact) mass is 519 g/mol. The lowest BCUT2D eigenvalue weighted by Gasteiger charge is -2.37. The molecule has 0 saturated carbocycles. The number of piperazine rings is 1. The molecule has 39 heavy (non-hydrogen) atoms. The topological polar surface area (TPSA) is 69.6 Å². The third-order valence-electron chi connectivity index (χ3n) is 7.29.